The molecule has 45 heavy (non-hydrogen) atoms. The molecule has 8 heteroatoms. The van der Waals surface area contributed by atoms with Gasteiger partial charge < -0.3 is 33.6 Å². The molecule has 0 aliphatic carbocycles. The summed E-state index contributed by atoms with van der Waals surface area (Å²) in [6.45, 7) is 6.74. The topological polar surface area (TPSA) is 86.6 Å². The minimum Gasteiger partial charge on any atom is -0.497 e. The van der Waals surface area contributed by atoms with E-state index in [1.807, 2.05) is 84.9 Å². The molecule has 4 aromatic rings. The van der Waals surface area contributed by atoms with Gasteiger partial charge in [0.2, 0.25) is 0 Å². The van der Waals surface area contributed by atoms with Gasteiger partial charge in [0.05, 0.1) is 40.6 Å². The van der Waals surface area contributed by atoms with Gasteiger partial charge in [-0.2, -0.15) is 0 Å². The maximum Gasteiger partial charge on any atom is 0.261 e. The molecule has 0 aromatic heterocycles. The van der Waals surface area contributed by atoms with Gasteiger partial charge in [-0.1, -0.05) is 106 Å². The first kappa shape index (κ1) is 34.4. The number of rotatable bonds is 16. The Hall–Kier alpha value is -3.50. The Labute approximate surface area is 268 Å². The van der Waals surface area contributed by atoms with E-state index in [4.69, 9.17) is 23.4 Å². The average molecular weight is 631 g/mol. The van der Waals surface area contributed by atoms with Crippen molar-refractivity contribution < 1.29 is 33.6 Å². The van der Waals surface area contributed by atoms with Crippen molar-refractivity contribution in [1.82, 2.24) is 0 Å². The normalized spacial score (nSPS) is 14.0. The summed E-state index contributed by atoms with van der Waals surface area (Å²) in [5, 5.41) is 23.2. The number of hydrogen-bond donors (Lipinski definition) is 2. The Morgan fingerprint density at radius 1 is 0.644 bits per heavy atom. The van der Waals surface area contributed by atoms with Gasteiger partial charge in [-0.05, 0) is 50.8 Å². The molecule has 3 atom stereocenters. The largest absolute Gasteiger partial charge is 0.497 e. The van der Waals surface area contributed by atoms with Crippen molar-refractivity contribution in [1.29, 1.82) is 0 Å². The van der Waals surface area contributed by atoms with Crippen LogP contribution in [0.2, 0.25) is 5.04 Å². The zero-order chi connectivity index (χ0) is 32.3. The Kier molecular flexibility index (Phi) is 12.4. The highest BCUT2D eigenvalue weighted by Crippen LogP contribution is 2.37. The van der Waals surface area contributed by atoms with E-state index in [2.05, 4.69) is 45.0 Å². The van der Waals surface area contributed by atoms with Crippen LogP contribution in [0.4, 0.5) is 0 Å². The molecule has 4 aromatic carbocycles. The van der Waals surface area contributed by atoms with E-state index < -0.39 is 33.2 Å². The summed E-state index contributed by atoms with van der Waals surface area (Å²) in [4.78, 5) is 0. The molecule has 0 aliphatic heterocycles. The van der Waals surface area contributed by atoms with Crippen LogP contribution in [0, 0.1) is 0 Å². The first-order valence-corrected chi connectivity index (χ1v) is 17.2. The molecule has 0 amide bonds. The lowest BCUT2D eigenvalue weighted by Crippen LogP contribution is -2.67. The zero-order valence-corrected chi connectivity index (χ0v) is 27.9. The molecule has 0 spiro atoms. The van der Waals surface area contributed by atoms with Crippen LogP contribution in [0.3, 0.4) is 0 Å². The number of aliphatic hydroxyl groups is 2. The lowest BCUT2D eigenvalue weighted by Gasteiger charge is -2.44. The molecule has 0 unspecified atom stereocenters. The number of ether oxygens (including phenoxy) is 4. The Bertz CT molecular complexity index is 1370. The van der Waals surface area contributed by atoms with Gasteiger partial charge >= 0.3 is 0 Å². The number of aliphatic hydroxyl groups excluding tert-OH is 2. The molecular formula is C37H46O7Si. The Balaban J connectivity index is 1.70. The molecule has 2 N–H and O–H groups in total. The van der Waals surface area contributed by atoms with Crippen LogP contribution in [-0.4, -0.2) is 64.3 Å². The first-order valence-electron chi connectivity index (χ1n) is 15.2. The first-order chi connectivity index (χ1) is 21.7. The molecule has 0 saturated heterocycles. The Morgan fingerprint density at radius 2 is 1.09 bits per heavy atom. The van der Waals surface area contributed by atoms with E-state index >= 15 is 0 Å². The molecular weight excluding hydrogens is 584 g/mol. The molecule has 0 saturated carbocycles. The van der Waals surface area contributed by atoms with Crippen LogP contribution in [0.5, 0.6) is 11.5 Å². The summed E-state index contributed by atoms with van der Waals surface area (Å²) in [5.74, 6) is 1.49. The molecule has 7 nitrogen and oxygen atoms in total. The van der Waals surface area contributed by atoms with Crippen LogP contribution in [-0.2, 0) is 27.1 Å². The lowest BCUT2D eigenvalue weighted by atomic mass is 10.1. The van der Waals surface area contributed by atoms with E-state index in [1.165, 1.54) is 0 Å². The van der Waals surface area contributed by atoms with Gasteiger partial charge in [-0.3, -0.25) is 0 Å². The van der Waals surface area contributed by atoms with E-state index in [0.29, 0.717) is 0 Å². The quantitative estimate of drug-likeness (QED) is 0.167. The summed E-state index contributed by atoms with van der Waals surface area (Å²) in [6.07, 6.45) is -2.80. The molecule has 4 rings (SSSR count). The monoisotopic (exact) mass is 630 g/mol. The second-order valence-corrected chi connectivity index (χ2v) is 16.4. The summed E-state index contributed by atoms with van der Waals surface area (Å²) in [6, 6.07) is 35.9. The minimum atomic E-state index is -2.93. The zero-order valence-electron chi connectivity index (χ0n) is 26.9. The Morgan fingerprint density at radius 3 is 1.49 bits per heavy atom. The van der Waals surface area contributed by atoms with Crippen LogP contribution in [0.15, 0.2) is 109 Å². The van der Waals surface area contributed by atoms with Crippen molar-refractivity contribution in [2.75, 3.05) is 27.4 Å². The predicted molar refractivity (Wildman–Crippen MR) is 180 cm³/mol. The van der Waals surface area contributed by atoms with Gasteiger partial charge in [0.1, 0.15) is 29.8 Å². The van der Waals surface area contributed by atoms with E-state index in [0.717, 1.165) is 33.0 Å². The standard InChI is InChI=1S/C37H46O7Si/c1-37(2,3)45(32-12-8-6-9-13-32,33-14-10-7-11-15-33)44-27-35(42-25-28-16-20-30(40-4)21-17-28)36(34(39)24-38)43-26-29-18-22-31(41-5)23-19-29/h6-23,34-36,38-39H,24-27H2,1-5H3/t34-,35-,36-/m1/s1. The van der Waals surface area contributed by atoms with Crippen LogP contribution < -0.4 is 19.8 Å². The SMILES string of the molecule is COc1ccc(CO[C@H]([C@H](O)CO)[C@@H](CO[Si](c2ccccc2)(c2ccccc2)C(C)(C)C)OCc2ccc(OC)cc2)cc1. The molecule has 0 heterocycles. The van der Waals surface area contributed by atoms with Gasteiger partial charge in [0.25, 0.3) is 8.32 Å². The summed E-state index contributed by atoms with van der Waals surface area (Å²) < 4.78 is 30.7. The molecule has 0 bridgehead atoms. The van der Waals surface area contributed by atoms with E-state index in [1.54, 1.807) is 14.2 Å². The van der Waals surface area contributed by atoms with Crippen LogP contribution in [0.25, 0.3) is 0 Å². The van der Waals surface area contributed by atoms with Gasteiger partial charge in [-0.25, -0.2) is 0 Å². The minimum absolute atomic E-state index is 0.133. The highest BCUT2D eigenvalue weighted by atomic mass is 28.4. The van der Waals surface area contributed by atoms with Crippen LogP contribution >= 0.6 is 0 Å². The summed E-state index contributed by atoms with van der Waals surface area (Å²) in [7, 11) is 0.319. The predicted octanol–water partition coefficient (Wildman–Crippen LogP) is 5.10. The fourth-order valence-electron chi connectivity index (χ4n) is 5.62. The summed E-state index contributed by atoms with van der Waals surface area (Å²) in [5.41, 5.74) is 1.83. The van der Waals surface area contributed by atoms with Crippen molar-refractivity contribution >= 4 is 18.7 Å². The van der Waals surface area contributed by atoms with Crippen molar-refractivity contribution in [3.63, 3.8) is 0 Å². The van der Waals surface area contributed by atoms with Crippen molar-refractivity contribution in [3.05, 3.63) is 120 Å². The number of hydrogen-bond acceptors (Lipinski definition) is 7. The summed E-state index contributed by atoms with van der Waals surface area (Å²) >= 11 is 0. The van der Waals surface area contributed by atoms with Crippen LogP contribution in [0.1, 0.15) is 31.9 Å². The van der Waals surface area contributed by atoms with Gasteiger partial charge in [0.15, 0.2) is 0 Å². The van der Waals surface area contributed by atoms with E-state index in [-0.39, 0.29) is 24.9 Å². The second-order valence-electron chi connectivity index (χ2n) is 12.0. The second kappa shape index (κ2) is 16.2. The van der Waals surface area contributed by atoms with Crippen molar-refractivity contribution in [3.8, 4) is 11.5 Å². The third-order valence-electron chi connectivity index (χ3n) is 8.04. The smallest absolute Gasteiger partial charge is 0.261 e. The van der Waals surface area contributed by atoms with Gasteiger partial charge in [-0.15, -0.1) is 0 Å². The number of benzene rings is 4. The highest BCUT2D eigenvalue weighted by molar-refractivity contribution is 6.99. The highest BCUT2D eigenvalue weighted by Gasteiger charge is 2.51. The lowest BCUT2D eigenvalue weighted by molar-refractivity contribution is -0.150. The van der Waals surface area contributed by atoms with Crippen molar-refractivity contribution in [2.24, 2.45) is 0 Å². The average Bonchev–Trinajstić information content (AvgIpc) is 3.07. The molecule has 240 valence electrons. The fourth-order valence-corrected chi connectivity index (χ4v) is 10.2. The maximum absolute atomic E-state index is 11.1. The fraction of sp³-hybridized carbons (Fsp3) is 0.351. The molecule has 0 radical (unpaired) electrons. The third kappa shape index (κ3) is 8.61. The van der Waals surface area contributed by atoms with Crippen molar-refractivity contribution in [2.45, 2.75) is 57.3 Å². The van der Waals surface area contributed by atoms with E-state index in [9.17, 15) is 10.2 Å². The molecule has 0 fully saturated rings. The molecule has 0 aliphatic rings. The van der Waals surface area contributed by atoms with Gasteiger partial charge in [0, 0.05) is 0 Å². The third-order valence-corrected chi connectivity index (χ3v) is 13.0. The maximum atomic E-state index is 11.1. The number of methoxy groups -OCH3 is 2.